The normalized spacial score (nSPS) is 12.1. The number of esters is 1. The Kier molecular flexibility index (Phi) is 7.39. The molecule has 0 bridgehead atoms. The highest BCUT2D eigenvalue weighted by molar-refractivity contribution is 7.99. The van der Waals surface area contributed by atoms with Crippen molar-refractivity contribution in [2.24, 2.45) is 0 Å². The molecule has 0 saturated heterocycles. The standard InChI is InChI=1S/C30H25N3O5S/c1-4-38-26(34)11-10-19-14-22-27(32-29(19)39-20-8-6-5-7-9-20)23(17-31)28-21-16-25(37-3)24(36-2)15-18(21)12-13-33(28)30(22)35/h5-11,14-16H,4,12-13H2,1-3H3/b11-10+. The molecule has 2 aromatic heterocycles. The van der Waals surface area contributed by atoms with E-state index in [1.54, 1.807) is 43.9 Å². The maximum absolute atomic E-state index is 13.8. The number of pyridine rings is 2. The monoisotopic (exact) mass is 539 g/mol. The molecular weight excluding hydrogens is 514 g/mol. The predicted octanol–water partition coefficient (Wildman–Crippen LogP) is 5.24. The zero-order chi connectivity index (χ0) is 27.5. The van der Waals surface area contributed by atoms with Crippen molar-refractivity contribution < 1.29 is 19.0 Å². The predicted molar refractivity (Wildman–Crippen MR) is 149 cm³/mol. The van der Waals surface area contributed by atoms with Crippen molar-refractivity contribution in [1.82, 2.24) is 9.55 Å². The molecule has 0 atom stereocenters. The highest BCUT2D eigenvalue weighted by Gasteiger charge is 2.27. The van der Waals surface area contributed by atoms with Gasteiger partial charge in [0.2, 0.25) is 0 Å². The molecule has 4 aromatic rings. The summed E-state index contributed by atoms with van der Waals surface area (Å²) in [6.07, 6.45) is 3.50. The van der Waals surface area contributed by atoms with Crippen molar-refractivity contribution in [3.63, 3.8) is 0 Å². The van der Waals surface area contributed by atoms with Crippen molar-refractivity contribution in [3.05, 3.63) is 81.7 Å². The lowest BCUT2D eigenvalue weighted by molar-refractivity contribution is -0.137. The molecule has 9 heteroatoms. The number of carbonyl (C=O) groups is 1. The molecule has 2 aromatic carbocycles. The van der Waals surface area contributed by atoms with E-state index in [0.29, 0.717) is 57.2 Å². The van der Waals surface area contributed by atoms with Gasteiger partial charge in [-0.05, 0) is 55.3 Å². The largest absolute Gasteiger partial charge is 0.493 e. The Morgan fingerprint density at radius 1 is 1.15 bits per heavy atom. The first kappa shape index (κ1) is 26.1. The Bertz CT molecular complexity index is 1720. The first-order valence-corrected chi connectivity index (χ1v) is 13.1. The number of rotatable bonds is 7. The molecule has 3 heterocycles. The molecule has 0 amide bonds. The van der Waals surface area contributed by atoms with Gasteiger partial charge in [-0.15, -0.1) is 0 Å². The third-order valence-electron chi connectivity index (χ3n) is 6.46. The fraction of sp³-hybridized carbons (Fsp3) is 0.200. The average molecular weight is 540 g/mol. The lowest BCUT2D eigenvalue weighted by atomic mass is 9.92. The molecule has 1 aliphatic heterocycles. The smallest absolute Gasteiger partial charge is 0.330 e. The van der Waals surface area contributed by atoms with Crippen LogP contribution in [0.4, 0.5) is 0 Å². The number of nitriles is 1. The second kappa shape index (κ2) is 11.1. The molecule has 196 valence electrons. The highest BCUT2D eigenvalue weighted by Crippen LogP contribution is 2.41. The van der Waals surface area contributed by atoms with Crippen molar-refractivity contribution in [2.45, 2.75) is 29.8 Å². The van der Waals surface area contributed by atoms with Gasteiger partial charge in [0.1, 0.15) is 16.7 Å². The van der Waals surface area contributed by atoms with E-state index in [1.165, 1.54) is 17.8 Å². The van der Waals surface area contributed by atoms with Crippen LogP contribution in [0.2, 0.25) is 0 Å². The van der Waals surface area contributed by atoms with Crippen molar-refractivity contribution >= 4 is 34.7 Å². The van der Waals surface area contributed by atoms with Gasteiger partial charge in [-0.3, -0.25) is 4.79 Å². The number of hydrogen-bond donors (Lipinski definition) is 0. The number of carbonyl (C=O) groups excluding carboxylic acids is 1. The van der Waals surface area contributed by atoms with Crippen LogP contribution < -0.4 is 15.0 Å². The van der Waals surface area contributed by atoms with Crippen molar-refractivity contribution in [2.75, 3.05) is 20.8 Å². The highest BCUT2D eigenvalue weighted by atomic mass is 32.2. The Morgan fingerprint density at radius 2 is 1.90 bits per heavy atom. The number of aromatic nitrogens is 2. The number of fused-ring (bicyclic) bond motifs is 4. The zero-order valence-corrected chi connectivity index (χ0v) is 22.5. The van der Waals surface area contributed by atoms with Crippen molar-refractivity contribution in [1.29, 1.82) is 5.26 Å². The zero-order valence-electron chi connectivity index (χ0n) is 21.7. The fourth-order valence-corrected chi connectivity index (χ4v) is 5.59. The minimum atomic E-state index is -0.492. The Hall–Kier alpha value is -4.55. The lowest BCUT2D eigenvalue weighted by Gasteiger charge is -2.25. The van der Waals surface area contributed by atoms with Crippen LogP contribution in [-0.2, 0) is 22.5 Å². The topological polar surface area (TPSA) is 103 Å². The van der Waals surface area contributed by atoms with Gasteiger partial charge in [-0.1, -0.05) is 30.0 Å². The molecule has 0 unspecified atom stereocenters. The molecule has 0 N–H and O–H groups in total. The Balaban J connectivity index is 1.78. The van der Waals surface area contributed by atoms with Gasteiger partial charge >= 0.3 is 5.97 Å². The van der Waals surface area contributed by atoms with Gasteiger partial charge in [0.05, 0.1) is 37.4 Å². The van der Waals surface area contributed by atoms with Crippen LogP contribution in [0, 0.1) is 11.3 Å². The van der Waals surface area contributed by atoms with Crippen LogP contribution in [0.3, 0.4) is 0 Å². The summed E-state index contributed by atoms with van der Waals surface area (Å²) in [5.74, 6) is 0.604. The number of hydrogen-bond acceptors (Lipinski definition) is 8. The fourth-order valence-electron chi connectivity index (χ4n) is 4.69. The summed E-state index contributed by atoms with van der Waals surface area (Å²) >= 11 is 1.38. The van der Waals surface area contributed by atoms with Crippen LogP contribution in [0.25, 0.3) is 28.2 Å². The van der Waals surface area contributed by atoms with E-state index in [2.05, 4.69) is 6.07 Å². The van der Waals surface area contributed by atoms with E-state index >= 15 is 0 Å². The maximum Gasteiger partial charge on any atom is 0.330 e. The summed E-state index contributed by atoms with van der Waals surface area (Å²) in [6.45, 7) is 2.38. The molecule has 39 heavy (non-hydrogen) atoms. The summed E-state index contributed by atoms with van der Waals surface area (Å²) < 4.78 is 17.6. The van der Waals surface area contributed by atoms with E-state index in [4.69, 9.17) is 19.2 Å². The van der Waals surface area contributed by atoms with E-state index in [0.717, 1.165) is 16.0 Å². The third-order valence-corrected chi connectivity index (χ3v) is 7.49. The molecular formula is C30H25N3O5S. The first-order chi connectivity index (χ1) is 19.0. The summed E-state index contributed by atoms with van der Waals surface area (Å²) in [5, 5.41) is 11.2. The number of nitrogens with zero attached hydrogens (tertiary/aromatic N) is 3. The minimum absolute atomic E-state index is 0.252. The van der Waals surface area contributed by atoms with Crippen LogP contribution in [0.15, 0.2) is 69.3 Å². The van der Waals surface area contributed by atoms with Crippen LogP contribution in [0.5, 0.6) is 11.5 Å². The van der Waals surface area contributed by atoms with Gasteiger partial charge in [0.15, 0.2) is 11.5 Å². The molecule has 0 saturated carbocycles. The first-order valence-electron chi connectivity index (χ1n) is 12.3. The number of benzene rings is 2. The summed E-state index contributed by atoms with van der Waals surface area (Å²) in [6, 6.07) is 17.3. The molecule has 0 spiro atoms. The van der Waals surface area contributed by atoms with Gasteiger partial charge in [-0.2, -0.15) is 5.26 Å². The summed E-state index contributed by atoms with van der Waals surface area (Å²) in [5.41, 5.74) is 3.13. The Labute approximate surface area is 229 Å². The average Bonchev–Trinajstić information content (AvgIpc) is 2.96. The maximum atomic E-state index is 13.8. The van der Waals surface area contributed by atoms with Crippen LogP contribution in [-0.4, -0.2) is 36.3 Å². The third kappa shape index (κ3) is 4.87. The second-order valence-corrected chi connectivity index (χ2v) is 9.75. The number of aryl methyl sites for hydroxylation is 1. The van der Waals surface area contributed by atoms with Crippen LogP contribution >= 0.6 is 11.8 Å². The van der Waals surface area contributed by atoms with E-state index in [9.17, 15) is 14.9 Å². The van der Waals surface area contributed by atoms with Crippen LogP contribution in [0.1, 0.15) is 23.6 Å². The molecule has 1 aliphatic rings. The van der Waals surface area contributed by atoms with Gasteiger partial charge < -0.3 is 18.8 Å². The molecule has 0 aliphatic carbocycles. The SMILES string of the molecule is CCOC(=O)/C=C/c1cc2c(=O)n3c(c(C#N)c2nc1Sc1ccccc1)-c1cc(OC)c(OC)cc1CC3. The van der Waals surface area contributed by atoms with E-state index < -0.39 is 5.97 Å². The van der Waals surface area contributed by atoms with Gasteiger partial charge in [0.25, 0.3) is 5.56 Å². The van der Waals surface area contributed by atoms with Gasteiger partial charge in [0, 0.05) is 28.6 Å². The second-order valence-electron chi connectivity index (χ2n) is 8.69. The van der Waals surface area contributed by atoms with E-state index in [1.807, 2.05) is 36.4 Å². The van der Waals surface area contributed by atoms with Gasteiger partial charge in [-0.25, -0.2) is 9.78 Å². The molecule has 0 fully saturated rings. The Morgan fingerprint density at radius 3 is 2.59 bits per heavy atom. The van der Waals surface area contributed by atoms with Crippen molar-refractivity contribution in [3.8, 4) is 28.8 Å². The number of methoxy groups -OCH3 is 2. The quantitative estimate of drug-likeness (QED) is 0.232. The molecule has 5 rings (SSSR count). The minimum Gasteiger partial charge on any atom is -0.493 e. The van der Waals surface area contributed by atoms with E-state index in [-0.39, 0.29) is 12.2 Å². The number of ether oxygens (including phenoxy) is 3. The molecule has 0 radical (unpaired) electrons. The lowest BCUT2D eigenvalue weighted by Crippen LogP contribution is -2.28. The summed E-state index contributed by atoms with van der Waals surface area (Å²) in [4.78, 5) is 31.7. The molecule has 8 nitrogen and oxygen atoms in total. The summed E-state index contributed by atoms with van der Waals surface area (Å²) in [7, 11) is 3.12.